The molecule has 2 aromatic rings. The van der Waals surface area contributed by atoms with E-state index in [0.717, 1.165) is 43.4 Å². The zero-order chi connectivity index (χ0) is 20.6. The van der Waals surface area contributed by atoms with E-state index in [1.54, 1.807) is 0 Å². The Hall–Kier alpha value is -2.53. The van der Waals surface area contributed by atoms with Crippen molar-refractivity contribution in [1.29, 1.82) is 0 Å². The van der Waals surface area contributed by atoms with Crippen LogP contribution < -0.4 is 4.90 Å². The van der Waals surface area contributed by atoms with Crippen LogP contribution in [0.1, 0.15) is 50.1 Å². The third kappa shape index (κ3) is 5.73. The summed E-state index contributed by atoms with van der Waals surface area (Å²) in [5.41, 5.74) is 1.97. The molecule has 0 bridgehead atoms. The van der Waals surface area contributed by atoms with Crippen LogP contribution >= 0.6 is 11.6 Å². The summed E-state index contributed by atoms with van der Waals surface area (Å²) in [4.78, 5) is 27.5. The summed E-state index contributed by atoms with van der Waals surface area (Å²) in [7, 11) is 0. The molecule has 1 aliphatic heterocycles. The predicted octanol–water partition coefficient (Wildman–Crippen LogP) is 5.75. The Kier molecular flexibility index (Phi) is 7.53. The van der Waals surface area contributed by atoms with Gasteiger partial charge in [0.05, 0.1) is 6.04 Å². The number of carbonyl (C=O) groups is 2. The Morgan fingerprint density at radius 2 is 1.62 bits per heavy atom. The highest BCUT2D eigenvalue weighted by molar-refractivity contribution is 6.30. The second kappa shape index (κ2) is 10.3. The average molecular weight is 415 g/mol. The number of hydrogen-bond donors (Lipinski definition) is 1. The Balaban J connectivity index is 1.62. The molecule has 1 aliphatic rings. The summed E-state index contributed by atoms with van der Waals surface area (Å²) in [5, 5.41) is 9.33. The fraction of sp³-hybridized carbons (Fsp3) is 0.391. The van der Waals surface area contributed by atoms with Crippen LogP contribution in [0.2, 0.25) is 5.02 Å². The first kappa shape index (κ1) is 21.2. The molecule has 5 nitrogen and oxygen atoms in total. The van der Waals surface area contributed by atoms with Crippen LogP contribution in [-0.2, 0) is 4.79 Å². The van der Waals surface area contributed by atoms with E-state index >= 15 is 0 Å². The quantitative estimate of drug-likeness (QED) is 0.503. The minimum absolute atomic E-state index is 0.0204. The number of halogens is 1. The molecule has 1 N–H and O–H groups in total. The standard InChI is InChI=1S/C23H27ClN2O3/c24-19-12-14-20(15-13-19)26-21(18-9-5-4-6-10-18)17-25(23(26)29)16-8-3-1-2-7-11-22(27)28/h4-6,9-10,12-15,21H,1-3,7-8,11,16-17H2,(H,27,28). The Morgan fingerprint density at radius 1 is 0.966 bits per heavy atom. The number of unbranched alkanes of at least 4 members (excludes halogenated alkanes) is 4. The molecular weight excluding hydrogens is 388 g/mol. The fourth-order valence-electron chi connectivity index (χ4n) is 3.77. The molecule has 0 radical (unpaired) electrons. The van der Waals surface area contributed by atoms with Crippen LogP contribution in [-0.4, -0.2) is 35.1 Å². The Morgan fingerprint density at radius 3 is 2.31 bits per heavy atom. The number of carbonyl (C=O) groups excluding carboxylic acids is 1. The van der Waals surface area contributed by atoms with E-state index in [4.69, 9.17) is 16.7 Å². The van der Waals surface area contributed by atoms with Gasteiger partial charge in [-0.2, -0.15) is 0 Å². The summed E-state index contributed by atoms with van der Waals surface area (Å²) in [5.74, 6) is -0.734. The number of aliphatic carboxylic acids is 1. The molecule has 3 rings (SSSR count). The highest BCUT2D eigenvalue weighted by atomic mass is 35.5. The van der Waals surface area contributed by atoms with Gasteiger partial charge in [0, 0.05) is 30.2 Å². The van der Waals surface area contributed by atoms with E-state index in [0.29, 0.717) is 18.1 Å². The molecular formula is C23H27ClN2O3. The minimum Gasteiger partial charge on any atom is -0.481 e. The normalized spacial score (nSPS) is 16.4. The van der Waals surface area contributed by atoms with Gasteiger partial charge in [0.25, 0.3) is 0 Å². The number of hydrogen-bond acceptors (Lipinski definition) is 2. The van der Waals surface area contributed by atoms with Crippen LogP contribution in [0.4, 0.5) is 10.5 Å². The summed E-state index contributed by atoms with van der Waals surface area (Å²) in [6.07, 6.45) is 4.80. The van der Waals surface area contributed by atoms with E-state index in [2.05, 4.69) is 12.1 Å². The van der Waals surface area contributed by atoms with Gasteiger partial charge >= 0.3 is 12.0 Å². The number of urea groups is 1. The molecule has 1 unspecified atom stereocenters. The maximum atomic E-state index is 13.2. The lowest BCUT2D eigenvalue weighted by Crippen LogP contribution is -2.33. The molecule has 1 heterocycles. The fourth-order valence-corrected chi connectivity index (χ4v) is 3.90. The third-order valence-corrected chi connectivity index (χ3v) is 5.54. The number of amides is 2. The summed E-state index contributed by atoms with van der Waals surface area (Å²) in [6.45, 7) is 1.37. The second-order valence-electron chi connectivity index (χ2n) is 7.41. The molecule has 0 saturated carbocycles. The predicted molar refractivity (Wildman–Crippen MR) is 115 cm³/mol. The molecule has 0 aromatic heterocycles. The molecule has 0 aliphatic carbocycles. The number of nitrogens with zero attached hydrogens (tertiary/aromatic N) is 2. The maximum absolute atomic E-state index is 13.2. The van der Waals surface area contributed by atoms with Crippen molar-refractivity contribution < 1.29 is 14.7 Å². The van der Waals surface area contributed by atoms with Crippen molar-refractivity contribution in [1.82, 2.24) is 4.90 Å². The SMILES string of the molecule is O=C(O)CCCCCCCN1CC(c2ccccc2)N(c2ccc(Cl)cc2)C1=O. The molecule has 1 atom stereocenters. The van der Waals surface area contributed by atoms with E-state index < -0.39 is 5.97 Å². The molecule has 154 valence electrons. The minimum atomic E-state index is -0.734. The van der Waals surface area contributed by atoms with Crippen molar-refractivity contribution in [3.05, 3.63) is 65.2 Å². The lowest BCUT2D eigenvalue weighted by Gasteiger charge is -2.23. The third-order valence-electron chi connectivity index (χ3n) is 5.29. The number of carboxylic acids is 1. The highest BCUT2D eigenvalue weighted by Gasteiger charge is 2.38. The highest BCUT2D eigenvalue weighted by Crippen LogP contribution is 2.35. The summed E-state index contributed by atoms with van der Waals surface area (Å²) < 4.78 is 0. The van der Waals surface area contributed by atoms with Gasteiger partial charge in [0.1, 0.15) is 0 Å². The smallest absolute Gasteiger partial charge is 0.325 e. The van der Waals surface area contributed by atoms with Crippen molar-refractivity contribution in [3.8, 4) is 0 Å². The molecule has 2 aromatic carbocycles. The van der Waals surface area contributed by atoms with E-state index in [1.807, 2.05) is 52.3 Å². The van der Waals surface area contributed by atoms with Gasteiger partial charge in [-0.3, -0.25) is 9.69 Å². The van der Waals surface area contributed by atoms with Gasteiger partial charge in [-0.05, 0) is 42.7 Å². The van der Waals surface area contributed by atoms with Gasteiger partial charge < -0.3 is 10.0 Å². The molecule has 0 spiro atoms. The van der Waals surface area contributed by atoms with Crippen LogP contribution in [0.3, 0.4) is 0 Å². The largest absolute Gasteiger partial charge is 0.481 e. The van der Waals surface area contributed by atoms with Crippen molar-refractivity contribution in [2.24, 2.45) is 0 Å². The topological polar surface area (TPSA) is 60.9 Å². The van der Waals surface area contributed by atoms with E-state index in [-0.39, 0.29) is 18.5 Å². The van der Waals surface area contributed by atoms with Crippen LogP contribution in [0, 0.1) is 0 Å². The zero-order valence-electron chi connectivity index (χ0n) is 16.5. The zero-order valence-corrected chi connectivity index (χ0v) is 17.2. The average Bonchev–Trinajstić information content (AvgIpc) is 3.05. The summed E-state index contributed by atoms with van der Waals surface area (Å²) >= 11 is 6.03. The van der Waals surface area contributed by atoms with E-state index in [9.17, 15) is 9.59 Å². The lowest BCUT2D eigenvalue weighted by molar-refractivity contribution is -0.137. The molecule has 29 heavy (non-hydrogen) atoms. The number of rotatable bonds is 10. The van der Waals surface area contributed by atoms with Gasteiger partial charge in [0.2, 0.25) is 0 Å². The first-order chi connectivity index (χ1) is 14.1. The number of benzene rings is 2. The lowest BCUT2D eigenvalue weighted by atomic mass is 10.1. The van der Waals surface area contributed by atoms with Crippen LogP contribution in [0.15, 0.2) is 54.6 Å². The van der Waals surface area contributed by atoms with Crippen molar-refractivity contribution >= 4 is 29.3 Å². The Labute approximate surface area is 176 Å². The van der Waals surface area contributed by atoms with Crippen molar-refractivity contribution in [2.45, 2.75) is 44.6 Å². The van der Waals surface area contributed by atoms with Gasteiger partial charge in [-0.25, -0.2) is 4.79 Å². The molecule has 1 fully saturated rings. The van der Waals surface area contributed by atoms with Crippen molar-refractivity contribution in [3.63, 3.8) is 0 Å². The van der Waals surface area contributed by atoms with E-state index in [1.165, 1.54) is 0 Å². The summed E-state index contributed by atoms with van der Waals surface area (Å²) in [6, 6.07) is 17.5. The van der Waals surface area contributed by atoms with Gasteiger partial charge in [-0.1, -0.05) is 61.2 Å². The molecule has 1 saturated heterocycles. The molecule has 6 heteroatoms. The van der Waals surface area contributed by atoms with Crippen LogP contribution in [0.5, 0.6) is 0 Å². The number of anilines is 1. The monoisotopic (exact) mass is 414 g/mol. The maximum Gasteiger partial charge on any atom is 0.325 e. The second-order valence-corrected chi connectivity index (χ2v) is 7.85. The van der Waals surface area contributed by atoms with Gasteiger partial charge in [0.15, 0.2) is 0 Å². The molecule has 2 amide bonds. The Bertz CT molecular complexity index is 811. The first-order valence-corrected chi connectivity index (χ1v) is 10.5. The van der Waals surface area contributed by atoms with Gasteiger partial charge in [-0.15, -0.1) is 0 Å². The van der Waals surface area contributed by atoms with Crippen LogP contribution in [0.25, 0.3) is 0 Å². The van der Waals surface area contributed by atoms with Crippen molar-refractivity contribution in [2.75, 3.05) is 18.0 Å². The first-order valence-electron chi connectivity index (χ1n) is 10.2. The number of carboxylic acid groups (broad SMARTS) is 1.